The van der Waals surface area contributed by atoms with Gasteiger partial charge in [0.2, 0.25) is 0 Å². The first-order valence-electron chi connectivity index (χ1n) is 7.49. The molecule has 0 aliphatic heterocycles. The molecule has 3 nitrogen and oxygen atoms in total. The van der Waals surface area contributed by atoms with Gasteiger partial charge in [-0.3, -0.25) is 0 Å². The highest BCUT2D eigenvalue weighted by Crippen LogP contribution is 2.54. The lowest BCUT2D eigenvalue weighted by Gasteiger charge is -2.05. The number of nitrogens with two attached hydrogens (primary N) is 1. The molecular weight excluding hydrogens is 326 g/mol. The lowest BCUT2D eigenvalue weighted by molar-refractivity contribution is 0.593. The predicted octanol–water partition coefficient (Wildman–Crippen LogP) is 3.15. The number of thiocarbonyl (C=S) groups is 1. The highest BCUT2D eigenvalue weighted by atomic mass is 32.2. The Morgan fingerprint density at radius 3 is 1.91 bits per heavy atom. The van der Waals surface area contributed by atoms with Crippen LogP contribution in [0, 0.1) is 19.8 Å². The summed E-state index contributed by atoms with van der Waals surface area (Å²) in [6, 6.07) is 14.8. The fourth-order valence-electron chi connectivity index (χ4n) is 3.08. The van der Waals surface area contributed by atoms with E-state index in [0.717, 1.165) is 16.7 Å². The van der Waals surface area contributed by atoms with Crippen molar-refractivity contribution in [1.82, 2.24) is 0 Å². The van der Waals surface area contributed by atoms with Crippen molar-refractivity contribution in [3.05, 3.63) is 65.2 Å². The van der Waals surface area contributed by atoms with Gasteiger partial charge in [-0.1, -0.05) is 59.7 Å². The van der Waals surface area contributed by atoms with E-state index in [-0.39, 0.29) is 16.8 Å². The molecule has 3 rings (SSSR count). The second-order valence-corrected chi connectivity index (χ2v) is 8.76. The van der Waals surface area contributed by atoms with Crippen molar-refractivity contribution < 1.29 is 8.42 Å². The Bertz CT molecular complexity index is 840. The number of sulfone groups is 1. The molecule has 3 atom stereocenters. The second kappa shape index (κ2) is 5.73. The van der Waals surface area contributed by atoms with E-state index >= 15 is 0 Å². The van der Waals surface area contributed by atoms with Gasteiger partial charge in [0.25, 0.3) is 0 Å². The van der Waals surface area contributed by atoms with Crippen LogP contribution in [-0.2, 0) is 9.84 Å². The Morgan fingerprint density at radius 1 is 0.957 bits per heavy atom. The van der Waals surface area contributed by atoms with Gasteiger partial charge in [-0.15, -0.1) is 0 Å². The Morgan fingerprint density at radius 2 is 1.43 bits per heavy atom. The zero-order valence-electron chi connectivity index (χ0n) is 13.1. The van der Waals surface area contributed by atoms with Crippen molar-refractivity contribution in [2.45, 2.75) is 29.9 Å². The Hall–Kier alpha value is -1.72. The van der Waals surface area contributed by atoms with E-state index in [1.54, 1.807) is 12.1 Å². The molecule has 0 spiro atoms. The fourth-order valence-corrected chi connectivity index (χ4v) is 5.61. The molecule has 1 fully saturated rings. The first kappa shape index (κ1) is 16.1. The molecule has 0 radical (unpaired) electrons. The molecule has 23 heavy (non-hydrogen) atoms. The summed E-state index contributed by atoms with van der Waals surface area (Å²) in [6.45, 7) is 3.93. The largest absolute Gasteiger partial charge is 0.393 e. The summed E-state index contributed by atoms with van der Waals surface area (Å²) in [4.78, 5) is 0.611. The Labute approximate surface area is 142 Å². The maximum absolute atomic E-state index is 13.0. The SMILES string of the molecule is Cc1ccc([C@H]2[C@H](C(N)=S)[C@@H]2S(=O)(=O)c2ccc(C)cc2)cc1. The van der Waals surface area contributed by atoms with Crippen molar-refractivity contribution in [2.24, 2.45) is 11.7 Å². The molecule has 5 heteroatoms. The maximum Gasteiger partial charge on any atom is 0.182 e. The van der Waals surface area contributed by atoms with Gasteiger partial charge in [-0.05, 0) is 31.5 Å². The van der Waals surface area contributed by atoms with Crippen LogP contribution in [0.5, 0.6) is 0 Å². The Kier molecular flexibility index (Phi) is 4.02. The monoisotopic (exact) mass is 345 g/mol. The van der Waals surface area contributed by atoms with Crippen LogP contribution < -0.4 is 5.73 Å². The summed E-state index contributed by atoms with van der Waals surface area (Å²) in [7, 11) is -3.45. The molecule has 0 amide bonds. The van der Waals surface area contributed by atoms with Crippen LogP contribution >= 0.6 is 12.2 Å². The van der Waals surface area contributed by atoms with Crippen molar-refractivity contribution >= 4 is 27.0 Å². The van der Waals surface area contributed by atoms with Gasteiger partial charge in [-0.2, -0.15) is 0 Å². The van der Waals surface area contributed by atoms with Crippen LogP contribution in [0.15, 0.2) is 53.4 Å². The molecule has 0 heterocycles. The normalized spacial score (nSPS) is 23.5. The van der Waals surface area contributed by atoms with Crippen LogP contribution in [0.2, 0.25) is 0 Å². The van der Waals surface area contributed by atoms with Crippen LogP contribution in [0.1, 0.15) is 22.6 Å². The molecule has 1 aliphatic carbocycles. The van der Waals surface area contributed by atoms with E-state index in [1.807, 2.05) is 50.2 Å². The minimum absolute atomic E-state index is 0.153. The molecule has 2 aromatic rings. The summed E-state index contributed by atoms with van der Waals surface area (Å²) in [6.07, 6.45) is 0. The summed E-state index contributed by atoms with van der Waals surface area (Å²) < 4.78 is 25.9. The number of hydrogen-bond acceptors (Lipinski definition) is 3. The van der Waals surface area contributed by atoms with E-state index in [2.05, 4.69) is 0 Å². The van der Waals surface area contributed by atoms with Crippen LogP contribution in [0.25, 0.3) is 0 Å². The number of rotatable bonds is 4. The number of hydrogen-bond donors (Lipinski definition) is 1. The van der Waals surface area contributed by atoms with E-state index in [1.165, 1.54) is 0 Å². The van der Waals surface area contributed by atoms with Gasteiger partial charge in [0.05, 0.1) is 15.1 Å². The molecular formula is C18H19NO2S2. The maximum atomic E-state index is 13.0. The van der Waals surface area contributed by atoms with E-state index < -0.39 is 15.1 Å². The summed E-state index contributed by atoms with van der Waals surface area (Å²) >= 11 is 5.11. The third-order valence-electron chi connectivity index (χ3n) is 4.45. The quantitative estimate of drug-likeness (QED) is 0.865. The lowest BCUT2D eigenvalue weighted by Crippen LogP contribution is -2.17. The molecule has 2 aromatic carbocycles. The summed E-state index contributed by atoms with van der Waals surface area (Å²) in [5.41, 5.74) is 8.96. The third-order valence-corrected chi connectivity index (χ3v) is 6.96. The fraction of sp³-hybridized carbons (Fsp3) is 0.278. The second-order valence-electron chi connectivity index (χ2n) is 6.19. The molecule has 2 N–H and O–H groups in total. The number of benzene rings is 2. The summed E-state index contributed by atoms with van der Waals surface area (Å²) in [5, 5.41) is -0.564. The van der Waals surface area contributed by atoms with E-state index in [9.17, 15) is 8.42 Å². The van der Waals surface area contributed by atoms with E-state index in [4.69, 9.17) is 18.0 Å². The van der Waals surface area contributed by atoms with Crippen molar-refractivity contribution in [3.8, 4) is 0 Å². The van der Waals surface area contributed by atoms with Gasteiger partial charge in [0, 0.05) is 11.8 Å². The minimum atomic E-state index is -3.45. The van der Waals surface area contributed by atoms with Crippen LogP contribution in [0.4, 0.5) is 0 Å². The summed E-state index contributed by atoms with van der Waals surface area (Å²) in [5.74, 6) is -0.446. The third kappa shape index (κ3) is 2.91. The lowest BCUT2D eigenvalue weighted by atomic mass is 10.1. The number of aryl methyl sites for hydroxylation is 2. The van der Waals surface area contributed by atoms with Gasteiger partial charge in [-0.25, -0.2) is 8.42 Å². The molecule has 0 saturated heterocycles. The molecule has 0 aromatic heterocycles. The highest BCUT2D eigenvalue weighted by Gasteiger charge is 2.60. The van der Waals surface area contributed by atoms with Crippen LogP contribution in [0.3, 0.4) is 0 Å². The van der Waals surface area contributed by atoms with Crippen molar-refractivity contribution in [3.63, 3.8) is 0 Å². The molecule has 0 unspecified atom stereocenters. The zero-order valence-corrected chi connectivity index (χ0v) is 14.7. The van der Waals surface area contributed by atoms with E-state index in [0.29, 0.717) is 4.90 Å². The van der Waals surface area contributed by atoms with Crippen molar-refractivity contribution in [1.29, 1.82) is 0 Å². The van der Waals surface area contributed by atoms with Gasteiger partial charge in [0.15, 0.2) is 9.84 Å². The highest BCUT2D eigenvalue weighted by molar-refractivity contribution is 7.92. The average Bonchev–Trinajstić information content (AvgIpc) is 3.25. The van der Waals surface area contributed by atoms with Gasteiger partial charge in [0.1, 0.15) is 0 Å². The standard InChI is InChI=1S/C18H19NO2S2/c1-11-3-7-13(8-4-11)15-16(18(19)22)17(15)23(20,21)14-9-5-12(2)6-10-14/h3-10,15-17H,1-2H3,(H2,19,22)/t15-,16-,17+/m0/s1. The first-order chi connectivity index (χ1) is 10.8. The first-order valence-corrected chi connectivity index (χ1v) is 9.44. The zero-order chi connectivity index (χ0) is 16.8. The topological polar surface area (TPSA) is 60.2 Å². The molecule has 120 valence electrons. The Balaban J connectivity index is 1.98. The molecule has 1 saturated carbocycles. The molecule has 1 aliphatic rings. The van der Waals surface area contributed by atoms with Crippen molar-refractivity contribution in [2.75, 3.05) is 0 Å². The average molecular weight is 345 g/mol. The van der Waals surface area contributed by atoms with Gasteiger partial charge >= 0.3 is 0 Å². The van der Waals surface area contributed by atoms with Crippen LogP contribution in [-0.4, -0.2) is 18.7 Å². The smallest absolute Gasteiger partial charge is 0.182 e. The minimum Gasteiger partial charge on any atom is -0.393 e. The molecule has 0 bridgehead atoms. The van der Waals surface area contributed by atoms with Gasteiger partial charge < -0.3 is 5.73 Å². The predicted molar refractivity (Wildman–Crippen MR) is 96.3 cm³/mol.